The molecule has 1 saturated carbocycles. The number of H-pyrrole nitrogens is 5. The Morgan fingerprint density at radius 2 is 0.590 bits per heavy atom. The molecule has 1 saturated heterocycles. The maximum Gasteiger partial charge on any atom is 0.265 e. The molecule has 0 spiro atoms. The Morgan fingerprint density at radius 3 is 0.861 bits per heavy atom. The van der Waals surface area contributed by atoms with Crippen LogP contribution in [0, 0.1) is 104 Å². The summed E-state index contributed by atoms with van der Waals surface area (Å²) in [4.78, 5) is 76.3. The monoisotopic (exact) mass is 2080 g/mol. The molecule has 22 rings (SSSR count). The largest absolute Gasteiger partial charge is 0.383 e. The number of halogens is 3. The van der Waals surface area contributed by atoms with Crippen molar-refractivity contribution in [2.45, 2.75) is 123 Å². The van der Waals surface area contributed by atoms with E-state index in [1.165, 1.54) is 126 Å². The fourth-order valence-corrected chi connectivity index (χ4v) is 30.5. The van der Waals surface area contributed by atoms with E-state index in [1.807, 2.05) is 27.7 Å². The molecule has 32 nitrogen and oxygen atoms in total. The van der Waals surface area contributed by atoms with Crippen molar-refractivity contribution in [3.8, 4) is 30.3 Å². The fraction of sp³-hybridized carbons (Fsp3) is 0.231. The molecule has 10 aromatic carbocycles. The van der Waals surface area contributed by atoms with Gasteiger partial charge < -0.3 is 30.2 Å². The van der Waals surface area contributed by atoms with Gasteiger partial charge in [0.15, 0.2) is 0 Å². The van der Waals surface area contributed by atoms with Crippen molar-refractivity contribution >= 4 is 173 Å². The van der Waals surface area contributed by atoms with Gasteiger partial charge in [0.1, 0.15) is 0 Å². The molecule has 7 aliphatic rings. The van der Waals surface area contributed by atoms with E-state index in [4.69, 9.17) is 34.8 Å². The fourth-order valence-electron chi connectivity index (χ4n) is 20.9. The van der Waals surface area contributed by atoms with E-state index in [0.717, 1.165) is 81.3 Å². The molecule has 2 bridgehead atoms. The van der Waals surface area contributed by atoms with Gasteiger partial charge in [-0.1, -0.05) is 65.1 Å². The number of pyridine rings is 5. The van der Waals surface area contributed by atoms with Crippen LogP contribution < -0.4 is 54.6 Å². The van der Waals surface area contributed by atoms with Crippen LogP contribution in [0.25, 0.3) is 53.9 Å². The number of likely N-dealkylation sites (tertiary alicyclic amines) is 1. The number of hydrogen-bond acceptors (Lipinski definition) is 22. The van der Waals surface area contributed by atoms with Gasteiger partial charge in [-0.2, -0.15) is 26.3 Å². The van der Waals surface area contributed by atoms with Gasteiger partial charge in [-0.25, -0.2) is 42.1 Å². The molecular weight excluding hydrogens is 1990 g/mol. The lowest BCUT2D eigenvalue weighted by Crippen LogP contribution is -2.35. The molecule has 0 unspecified atom stereocenters. The molecule has 40 heteroatoms. The van der Waals surface area contributed by atoms with E-state index in [1.54, 1.807) is 111 Å². The topological polar surface area (TPSA) is 485 Å². The molecule has 11 heterocycles. The number of nitrogens with one attached hydrogen (secondary N) is 6. The minimum absolute atomic E-state index is 0.0232. The van der Waals surface area contributed by atoms with E-state index in [0.29, 0.717) is 140 Å². The van der Waals surface area contributed by atoms with Gasteiger partial charge in [-0.15, -0.1) is 0 Å². The summed E-state index contributed by atoms with van der Waals surface area (Å²) in [5, 5.41) is 53.4. The summed E-state index contributed by atoms with van der Waals surface area (Å²) in [5.41, 5.74) is 13.1. The van der Waals surface area contributed by atoms with Crippen LogP contribution >= 0.6 is 34.8 Å². The molecule has 2 atom stereocenters. The van der Waals surface area contributed by atoms with Gasteiger partial charge in [0.05, 0.1) is 126 Å². The molecule has 15 aromatic rings. The first-order valence-electron chi connectivity index (χ1n) is 45.7. The minimum Gasteiger partial charge on any atom is -0.383 e. The molecule has 6 aliphatic heterocycles. The standard InChI is InChI=1S/C26H26ClN5O3S.2C20H17N3O3S.2C19H14ClN3O3S/c27-21-14-30-26(33)20-2-1-3-24(25(20)21)36(34,35)32-8-6-19-22(11-17(13-28)12-23(19)32)29-7-9-31-15-16-4-5-18(31)10-16;2*1-12-8-14(10-21)9-17-15(12)6-7-23(17)27(25,26)18-5-3-4-16-19(18)13(2)11-22-20(16)24;2*1-11-7-12(9-21)8-16-13(11)5-6-23(16)27(25,26)17-4-2-3-14-18(17)15(20)10-22-19(14)24/h1-3,11-12,14,16,18,29H,4-10,15H2,(H,30,33);2*3-5,8-9,11H,6-7H2,1-2H3,(H,22,24);2*2-4,7-8,10H,5-6H2,1H3,(H,22,24)/t16-,18+;;;;/m1..../s1. The van der Waals surface area contributed by atoms with Crippen molar-refractivity contribution in [1.29, 1.82) is 26.3 Å². The van der Waals surface area contributed by atoms with Crippen LogP contribution in [0.2, 0.25) is 15.1 Å². The third-order valence-corrected chi connectivity index (χ3v) is 37.8. The zero-order valence-corrected chi connectivity index (χ0v) is 84.4. The highest BCUT2D eigenvalue weighted by Crippen LogP contribution is 2.47. The molecule has 6 N–H and O–H groups in total. The van der Waals surface area contributed by atoms with E-state index in [2.05, 4.69) is 65.5 Å². The second-order valence-electron chi connectivity index (χ2n) is 36.0. The number of aromatic nitrogens is 5. The highest BCUT2D eigenvalue weighted by molar-refractivity contribution is 7.94. The zero-order chi connectivity index (χ0) is 102. The Labute approximate surface area is 842 Å². The molecule has 730 valence electrons. The van der Waals surface area contributed by atoms with Gasteiger partial charge in [0.25, 0.3) is 77.9 Å². The highest BCUT2D eigenvalue weighted by Gasteiger charge is 2.42. The number of aryl methyl sites for hydroxylation is 6. The minimum atomic E-state index is -4.05. The number of benzene rings is 10. The number of aromatic amines is 5. The first kappa shape index (κ1) is 99.2. The van der Waals surface area contributed by atoms with Crippen molar-refractivity contribution in [2.24, 2.45) is 5.92 Å². The summed E-state index contributed by atoms with van der Waals surface area (Å²) >= 11 is 18.8. The Hall–Kier alpha value is -14.9. The van der Waals surface area contributed by atoms with E-state index < -0.39 is 66.8 Å². The van der Waals surface area contributed by atoms with Crippen LogP contribution in [-0.4, -0.2) is 130 Å². The van der Waals surface area contributed by atoms with E-state index in [9.17, 15) is 92.4 Å². The lowest BCUT2D eigenvalue weighted by atomic mass is 10.0. The summed E-state index contributed by atoms with van der Waals surface area (Å²) in [6.07, 6.45) is 13.7. The first-order chi connectivity index (χ1) is 68.7. The predicted octanol–water partition coefficient (Wildman–Crippen LogP) is 15.5. The molecule has 1 aliphatic carbocycles. The number of nitriles is 5. The Morgan fingerprint density at radius 1 is 0.333 bits per heavy atom. The van der Waals surface area contributed by atoms with Gasteiger partial charge in [0, 0.05) is 154 Å². The van der Waals surface area contributed by atoms with Gasteiger partial charge in [-0.3, -0.25) is 50.4 Å². The molecule has 0 amide bonds. The lowest BCUT2D eigenvalue weighted by Gasteiger charge is -2.27. The van der Waals surface area contributed by atoms with Crippen molar-refractivity contribution in [1.82, 2.24) is 29.8 Å². The summed E-state index contributed by atoms with van der Waals surface area (Å²) < 4.78 is 142. The first-order valence-corrected chi connectivity index (χ1v) is 54.0. The average molecular weight is 2080 g/mol. The average Bonchev–Trinajstić information content (AvgIpc) is 1.48. The van der Waals surface area contributed by atoms with E-state index >= 15 is 0 Å². The van der Waals surface area contributed by atoms with Crippen LogP contribution in [-0.2, 0) is 82.2 Å². The van der Waals surface area contributed by atoms with Crippen molar-refractivity contribution < 1.29 is 42.1 Å². The maximum absolute atomic E-state index is 13.9. The number of anilines is 6. The number of sulfonamides is 5. The third-order valence-electron chi connectivity index (χ3n) is 27.6. The van der Waals surface area contributed by atoms with Crippen LogP contribution in [0.5, 0.6) is 0 Å². The van der Waals surface area contributed by atoms with Crippen LogP contribution in [0.4, 0.5) is 34.1 Å². The molecular formula is C104H88Cl3N17O15S5. The number of hydrogen-bond donors (Lipinski definition) is 6. The Kier molecular flexibility index (Phi) is 26.7. The van der Waals surface area contributed by atoms with Crippen molar-refractivity contribution in [3.63, 3.8) is 0 Å². The Bertz CT molecular complexity index is 8420. The predicted molar refractivity (Wildman–Crippen MR) is 554 cm³/mol. The summed E-state index contributed by atoms with van der Waals surface area (Å²) in [7, 11) is -19.8. The quantitative estimate of drug-likeness (QED) is 0.0589. The van der Waals surface area contributed by atoms with Gasteiger partial charge in [-0.05, 0) is 276 Å². The van der Waals surface area contributed by atoms with Crippen LogP contribution in [0.1, 0.15) is 108 Å². The number of rotatable bonds is 14. The van der Waals surface area contributed by atoms with Crippen molar-refractivity contribution in [2.75, 3.05) is 79.2 Å². The second kappa shape index (κ2) is 38.7. The normalized spacial score (nSPS) is 15.5. The SMILES string of the molecule is Cc1cc(C#N)cc2c1CCN2S(=O)(=O)c1cccc2c(=O)[nH]cc(C)c12.Cc1cc(C#N)cc2c1CCN2S(=O)(=O)c1cccc2c(=O)[nH]cc(C)c12.Cc1cc(C#N)cc2c1CCN2S(=O)(=O)c1cccc2c(=O)[nH]cc(Cl)c12.Cc1cc(C#N)cc2c1CCN2S(=O)(=O)c1cccc2c(=O)[nH]cc(Cl)c12.N#Cc1cc(NCCN2C[C@@H]3CC[C@H]2C3)c2c(c1)N(S(=O)(=O)c1cccc3c(=O)[nH]cc(Cl)c13)CC2. The number of piperidine rings is 1. The molecule has 2 fully saturated rings. The van der Waals surface area contributed by atoms with Crippen molar-refractivity contribution in [3.05, 3.63) is 338 Å². The zero-order valence-electron chi connectivity index (χ0n) is 78.0. The lowest BCUT2D eigenvalue weighted by molar-refractivity contribution is 0.221. The highest BCUT2D eigenvalue weighted by atomic mass is 35.5. The van der Waals surface area contributed by atoms with Gasteiger partial charge >= 0.3 is 0 Å². The van der Waals surface area contributed by atoms with Crippen LogP contribution in [0.15, 0.2) is 231 Å². The second-order valence-corrected chi connectivity index (χ2v) is 46.4. The number of nitrogens with zero attached hydrogens (tertiary/aromatic N) is 11. The number of fused-ring (bicyclic) bond motifs is 12. The smallest absolute Gasteiger partial charge is 0.265 e. The molecule has 0 radical (unpaired) electrons. The van der Waals surface area contributed by atoms with Gasteiger partial charge in [0.2, 0.25) is 0 Å². The molecule has 144 heavy (non-hydrogen) atoms. The Balaban J connectivity index is 0.000000119. The maximum atomic E-state index is 13.9. The third kappa shape index (κ3) is 17.7. The molecule has 5 aromatic heterocycles. The van der Waals surface area contributed by atoms with E-state index in [-0.39, 0.29) is 103 Å². The summed E-state index contributed by atoms with van der Waals surface area (Å²) in [6.45, 7) is 15.3. The summed E-state index contributed by atoms with van der Waals surface area (Å²) in [5.74, 6) is 0.832. The summed E-state index contributed by atoms with van der Waals surface area (Å²) in [6, 6.07) is 51.1. The van der Waals surface area contributed by atoms with Crippen LogP contribution in [0.3, 0.4) is 0 Å².